The van der Waals surface area contributed by atoms with Crippen molar-refractivity contribution in [1.82, 2.24) is 10.3 Å². The zero-order valence-electron chi connectivity index (χ0n) is 19.0. The number of para-hydroxylation sites is 2. The Morgan fingerprint density at radius 2 is 1.88 bits per heavy atom. The van der Waals surface area contributed by atoms with E-state index in [0.717, 1.165) is 48.5 Å². The Morgan fingerprint density at radius 3 is 2.56 bits per heavy atom. The Balaban J connectivity index is 1.57. The molecule has 4 N–H and O–H groups in total. The molecule has 0 aliphatic heterocycles. The van der Waals surface area contributed by atoms with E-state index in [-0.39, 0.29) is 12.0 Å². The number of hydrogen-bond donors (Lipinski definition) is 3. The zero-order chi connectivity index (χ0) is 22.9. The Labute approximate surface area is 190 Å². The predicted molar refractivity (Wildman–Crippen MR) is 131 cm³/mol. The quantitative estimate of drug-likeness (QED) is 0.316. The number of carbonyl (C=O) groups is 1. The van der Waals surface area contributed by atoms with Crippen molar-refractivity contribution in [2.75, 3.05) is 24.2 Å². The molecule has 1 aromatic heterocycles. The first-order valence-electron chi connectivity index (χ1n) is 11.0. The van der Waals surface area contributed by atoms with Crippen molar-refractivity contribution in [2.45, 2.75) is 39.8 Å². The molecule has 0 aliphatic rings. The number of nitrogens with two attached hydrogens (primary N) is 1. The van der Waals surface area contributed by atoms with Gasteiger partial charge in [-0.05, 0) is 69.1 Å². The van der Waals surface area contributed by atoms with Crippen LogP contribution in [0.4, 0.5) is 11.4 Å². The zero-order valence-corrected chi connectivity index (χ0v) is 19.0. The van der Waals surface area contributed by atoms with Gasteiger partial charge in [-0.25, -0.2) is 0 Å². The van der Waals surface area contributed by atoms with Gasteiger partial charge in [0.25, 0.3) is 5.91 Å². The number of amides is 1. The summed E-state index contributed by atoms with van der Waals surface area (Å²) in [4.78, 5) is 17.2. The number of carbonyl (C=O) groups excluding carboxylic acids is 1. The van der Waals surface area contributed by atoms with Gasteiger partial charge in [-0.15, -0.1) is 0 Å². The van der Waals surface area contributed by atoms with Gasteiger partial charge in [0.1, 0.15) is 0 Å². The Kier molecular flexibility index (Phi) is 8.36. The van der Waals surface area contributed by atoms with E-state index in [1.807, 2.05) is 44.3 Å². The molecule has 168 valence electrons. The van der Waals surface area contributed by atoms with Gasteiger partial charge in [-0.3, -0.25) is 9.78 Å². The summed E-state index contributed by atoms with van der Waals surface area (Å²) in [5.41, 5.74) is 11.8. The number of rotatable bonds is 10. The normalized spacial score (nSPS) is 11.0. The Morgan fingerprint density at radius 1 is 1.12 bits per heavy atom. The molecule has 32 heavy (non-hydrogen) atoms. The molecular formula is C26H32N4O2. The standard InChI is InChI=1S/C26H32N4O2/c1-18(2)32-14-6-13-28-16-20-15-19(3)25(29-17-20)21-9-11-22(12-10-21)26(31)30-24-8-5-4-7-23(24)27/h4-5,7-12,15,17-18,28H,6,13-14,16,27H2,1-3H3,(H,30,31). The summed E-state index contributed by atoms with van der Waals surface area (Å²) in [6.45, 7) is 8.61. The van der Waals surface area contributed by atoms with Crippen LogP contribution in [0.5, 0.6) is 0 Å². The molecule has 6 nitrogen and oxygen atoms in total. The molecule has 0 radical (unpaired) electrons. The highest BCUT2D eigenvalue weighted by Gasteiger charge is 2.10. The van der Waals surface area contributed by atoms with Crippen molar-refractivity contribution in [2.24, 2.45) is 0 Å². The molecule has 3 aromatic rings. The van der Waals surface area contributed by atoms with Gasteiger partial charge < -0.3 is 21.1 Å². The van der Waals surface area contributed by atoms with Gasteiger partial charge in [0.15, 0.2) is 0 Å². The highest BCUT2D eigenvalue weighted by Crippen LogP contribution is 2.23. The lowest BCUT2D eigenvalue weighted by atomic mass is 10.0. The molecule has 1 amide bonds. The number of nitrogen functional groups attached to an aromatic ring is 1. The van der Waals surface area contributed by atoms with Crippen LogP contribution in [-0.2, 0) is 11.3 Å². The first-order chi connectivity index (χ1) is 15.4. The molecule has 0 fully saturated rings. The summed E-state index contributed by atoms with van der Waals surface area (Å²) in [6, 6.07) is 16.8. The van der Waals surface area contributed by atoms with Crippen molar-refractivity contribution >= 4 is 17.3 Å². The fraction of sp³-hybridized carbons (Fsp3) is 0.308. The van der Waals surface area contributed by atoms with E-state index in [2.05, 4.69) is 28.6 Å². The molecule has 0 spiro atoms. The largest absolute Gasteiger partial charge is 0.397 e. The van der Waals surface area contributed by atoms with Gasteiger partial charge >= 0.3 is 0 Å². The topological polar surface area (TPSA) is 89.3 Å². The van der Waals surface area contributed by atoms with Crippen molar-refractivity contribution in [1.29, 1.82) is 0 Å². The Hall–Kier alpha value is -3.22. The maximum Gasteiger partial charge on any atom is 0.255 e. The number of nitrogens with one attached hydrogen (secondary N) is 2. The molecule has 0 atom stereocenters. The van der Waals surface area contributed by atoms with Gasteiger partial charge in [0.05, 0.1) is 23.2 Å². The van der Waals surface area contributed by atoms with Crippen LogP contribution in [-0.4, -0.2) is 30.1 Å². The molecule has 0 saturated carbocycles. The maximum absolute atomic E-state index is 12.5. The number of aromatic nitrogens is 1. The van der Waals surface area contributed by atoms with Gasteiger partial charge in [0.2, 0.25) is 0 Å². The van der Waals surface area contributed by atoms with E-state index in [4.69, 9.17) is 10.5 Å². The summed E-state index contributed by atoms with van der Waals surface area (Å²) >= 11 is 0. The highest BCUT2D eigenvalue weighted by atomic mass is 16.5. The lowest BCUT2D eigenvalue weighted by Gasteiger charge is -2.11. The van der Waals surface area contributed by atoms with E-state index in [0.29, 0.717) is 16.9 Å². The highest BCUT2D eigenvalue weighted by molar-refractivity contribution is 6.05. The number of anilines is 2. The van der Waals surface area contributed by atoms with E-state index in [1.54, 1.807) is 24.3 Å². The fourth-order valence-corrected chi connectivity index (χ4v) is 3.37. The van der Waals surface area contributed by atoms with Crippen LogP contribution in [0.3, 0.4) is 0 Å². The van der Waals surface area contributed by atoms with Crippen LogP contribution in [0, 0.1) is 6.92 Å². The molecule has 0 aliphatic carbocycles. The predicted octanol–water partition coefficient (Wildman–Crippen LogP) is 4.80. The minimum Gasteiger partial charge on any atom is -0.397 e. The van der Waals surface area contributed by atoms with Crippen LogP contribution in [0.15, 0.2) is 60.8 Å². The molecule has 3 rings (SSSR count). The summed E-state index contributed by atoms with van der Waals surface area (Å²) in [5.74, 6) is -0.195. The summed E-state index contributed by atoms with van der Waals surface area (Å²) in [6.07, 6.45) is 3.17. The molecule has 0 saturated heterocycles. The van der Waals surface area contributed by atoms with Crippen LogP contribution in [0.2, 0.25) is 0 Å². The average molecular weight is 433 g/mol. The molecule has 0 unspecified atom stereocenters. The van der Waals surface area contributed by atoms with Gasteiger partial charge in [-0.2, -0.15) is 0 Å². The number of ether oxygens (including phenoxy) is 1. The number of hydrogen-bond acceptors (Lipinski definition) is 5. The third-order valence-corrected chi connectivity index (χ3v) is 5.04. The van der Waals surface area contributed by atoms with E-state index in [1.165, 1.54) is 0 Å². The SMILES string of the molecule is Cc1cc(CNCCCOC(C)C)cnc1-c1ccc(C(=O)Nc2ccccc2N)cc1. The lowest BCUT2D eigenvalue weighted by Crippen LogP contribution is -2.17. The molecule has 2 aromatic carbocycles. The van der Waals surface area contributed by atoms with E-state index < -0.39 is 0 Å². The number of nitrogens with zero attached hydrogens (tertiary/aromatic N) is 1. The van der Waals surface area contributed by atoms with Gasteiger partial charge in [0, 0.05) is 30.5 Å². The lowest BCUT2D eigenvalue weighted by molar-refractivity contribution is 0.0770. The van der Waals surface area contributed by atoms with Crippen LogP contribution in [0.1, 0.15) is 41.8 Å². The fourth-order valence-electron chi connectivity index (χ4n) is 3.37. The number of pyridine rings is 1. The Bertz CT molecular complexity index is 1030. The third kappa shape index (κ3) is 6.64. The van der Waals surface area contributed by atoms with E-state index >= 15 is 0 Å². The molecular weight excluding hydrogens is 400 g/mol. The smallest absolute Gasteiger partial charge is 0.255 e. The minimum absolute atomic E-state index is 0.195. The second-order valence-electron chi connectivity index (χ2n) is 8.08. The van der Waals surface area contributed by atoms with E-state index in [9.17, 15) is 4.79 Å². The van der Waals surface area contributed by atoms with Crippen molar-refractivity contribution in [3.63, 3.8) is 0 Å². The maximum atomic E-state index is 12.5. The van der Waals surface area contributed by atoms with Crippen molar-refractivity contribution in [3.05, 3.63) is 77.5 Å². The monoisotopic (exact) mass is 432 g/mol. The molecule has 6 heteroatoms. The van der Waals surface area contributed by atoms with Gasteiger partial charge in [-0.1, -0.05) is 30.3 Å². The number of benzene rings is 2. The van der Waals surface area contributed by atoms with Crippen LogP contribution in [0.25, 0.3) is 11.3 Å². The summed E-state index contributed by atoms with van der Waals surface area (Å²) in [5, 5.41) is 6.28. The number of aryl methyl sites for hydroxylation is 1. The third-order valence-electron chi connectivity index (χ3n) is 5.04. The molecule has 0 bridgehead atoms. The first kappa shape index (κ1) is 23.4. The summed E-state index contributed by atoms with van der Waals surface area (Å²) < 4.78 is 5.55. The minimum atomic E-state index is -0.195. The first-order valence-corrected chi connectivity index (χ1v) is 11.0. The van der Waals surface area contributed by atoms with Crippen LogP contribution >= 0.6 is 0 Å². The molecule has 1 heterocycles. The second kappa shape index (κ2) is 11.4. The average Bonchev–Trinajstić information content (AvgIpc) is 2.78. The van der Waals surface area contributed by atoms with Crippen molar-refractivity contribution in [3.8, 4) is 11.3 Å². The van der Waals surface area contributed by atoms with Crippen molar-refractivity contribution < 1.29 is 9.53 Å². The second-order valence-corrected chi connectivity index (χ2v) is 8.08. The summed E-state index contributed by atoms with van der Waals surface area (Å²) in [7, 11) is 0. The van der Waals surface area contributed by atoms with Crippen LogP contribution < -0.4 is 16.4 Å².